The SMILES string of the molecule is CCC(Cc1ccccc1)NCC1CCCCC1CO. The molecule has 3 atom stereocenters. The fourth-order valence-electron chi connectivity index (χ4n) is 3.37. The number of aliphatic hydroxyl groups is 1. The van der Waals surface area contributed by atoms with Gasteiger partial charge in [-0.3, -0.25) is 0 Å². The molecule has 0 bridgehead atoms. The molecule has 2 rings (SSSR count). The van der Waals surface area contributed by atoms with Crippen LogP contribution in [0.1, 0.15) is 44.6 Å². The molecule has 2 nitrogen and oxygen atoms in total. The van der Waals surface area contributed by atoms with Crippen molar-refractivity contribution in [1.82, 2.24) is 5.32 Å². The quantitative estimate of drug-likeness (QED) is 0.799. The summed E-state index contributed by atoms with van der Waals surface area (Å²) in [5, 5.41) is 13.2. The van der Waals surface area contributed by atoms with Crippen molar-refractivity contribution in [2.75, 3.05) is 13.2 Å². The fraction of sp³-hybridized carbons (Fsp3) is 0.667. The van der Waals surface area contributed by atoms with Gasteiger partial charge in [-0.25, -0.2) is 0 Å². The predicted molar refractivity (Wildman–Crippen MR) is 84.8 cm³/mol. The Bertz CT molecular complexity index is 365. The van der Waals surface area contributed by atoms with Crippen LogP contribution in [-0.2, 0) is 6.42 Å². The monoisotopic (exact) mass is 275 g/mol. The summed E-state index contributed by atoms with van der Waals surface area (Å²) < 4.78 is 0. The Hall–Kier alpha value is -0.860. The van der Waals surface area contributed by atoms with Crippen molar-refractivity contribution in [3.05, 3.63) is 35.9 Å². The van der Waals surface area contributed by atoms with Gasteiger partial charge < -0.3 is 10.4 Å². The zero-order valence-electron chi connectivity index (χ0n) is 12.7. The van der Waals surface area contributed by atoms with Crippen LogP contribution in [0.5, 0.6) is 0 Å². The number of benzene rings is 1. The molecular weight excluding hydrogens is 246 g/mol. The molecule has 0 aliphatic heterocycles. The van der Waals surface area contributed by atoms with Gasteiger partial charge in [0, 0.05) is 12.6 Å². The molecule has 0 radical (unpaired) electrons. The second-order valence-electron chi connectivity index (χ2n) is 6.19. The molecule has 1 aromatic carbocycles. The molecule has 1 aliphatic rings. The molecule has 2 N–H and O–H groups in total. The van der Waals surface area contributed by atoms with Crippen molar-refractivity contribution in [3.63, 3.8) is 0 Å². The van der Waals surface area contributed by atoms with Crippen LogP contribution in [0.2, 0.25) is 0 Å². The topological polar surface area (TPSA) is 32.3 Å². The Morgan fingerprint density at radius 2 is 1.85 bits per heavy atom. The van der Waals surface area contributed by atoms with Crippen LogP contribution in [0.3, 0.4) is 0 Å². The number of hydrogen-bond acceptors (Lipinski definition) is 2. The summed E-state index contributed by atoms with van der Waals surface area (Å²) >= 11 is 0. The molecule has 1 saturated carbocycles. The first-order valence-corrected chi connectivity index (χ1v) is 8.21. The first kappa shape index (κ1) is 15.5. The van der Waals surface area contributed by atoms with Crippen LogP contribution < -0.4 is 5.32 Å². The highest BCUT2D eigenvalue weighted by molar-refractivity contribution is 5.15. The van der Waals surface area contributed by atoms with Gasteiger partial charge in [-0.1, -0.05) is 50.1 Å². The highest BCUT2D eigenvalue weighted by Crippen LogP contribution is 2.29. The van der Waals surface area contributed by atoms with Crippen LogP contribution in [0.25, 0.3) is 0 Å². The van der Waals surface area contributed by atoms with E-state index in [1.54, 1.807) is 0 Å². The lowest BCUT2D eigenvalue weighted by atomic mass is 9.79. The molecule has 0 amide bonds. The number of rotatable bonds is 7. The summed E-state index contributed by atoms with van der Waals surface area (Å²) in [7, 11) is 0. The van der Waals surface area contributed by atoms with E-state index in [-0.39, 0.29) is 0 Å². The largest absolute Gasteiger partial charge is 0.396 e. The summed E-state index contributed by atoms with van der Waals surface area (Å²) in [4.78, 5) is 0. The predicted octanol–water partition coefficient (Wildman–Crippen LogP) is 3.40. The van der Waals surface area contributed by atoms with Gasteiger partial charge in [-0.15, -0.1) is 0 Å². The molecule has 0 spiro atoms. The molecule has 1 aromatic rings. The maximum atomic E-state index is 9.49. The van der Waals surface area contributed by atoms with E-state index in [0.29, 0.717) is 24.5 Å². The lowest BCUT2D eigenvalue weighted by molar-refractivity contribution is 0.131. The summed E-state index contributed by atoms with van der Waals surface area (Å²) in [5.74, 6) is 1.18. The average Bonchev–Trinajstić information content (AvgIpc) is 2.52. The second-order valence-corrected chi connectivity index (χ2v) is 6.19. The van der Waals surface area contributed by atoms with Crippen LogP contribution in [0, 0.1) is 11.8 Å². The number of nitrogens with one attached hydrogen (secondary N) is 1. The van der Waals surface area contributed by atoms with Crippen molar-refractivity contribution >= 4 is 0 Å². The Labute approximate surface area is 123 Å². The van der Waals surface area contributed by atoms with Crippen molar-refractivity contribution in [3.8, 4) is 0 Å². The molecule has 0 aromatic heterocycles. The van der Waals surface area contributed by atoms with Gasteiger partial charge in [0.05, 0.1) is 0 Å². The van der Waals surface area contributed by atoms with E-state index in [2.05, 4.69) is 42.6 Å². The third-order valence-electron chi connectivity index (χ3n) is 4.79. The van der Waals surface area contributed by atoms with Gasteiger partial charge in [-0.05, 0) is 49.6 Å². The summed E-state index contributed by atoms with van der Waals surface area (Å²) in [6, 6.07) is 11.3. The van der Waals surface area contributed by atoms with Crippen LogP contribution in [0.15, 0.2) is 30.3 Å². The minimum atomic E-state index is 0.363. The molecule has 3 unspecified atom stereocenters. The van der Waals surface area contributed by atoms with E-state index in [9.17, 15) is 5.11 Å². The molecule has 0 saturated heterocycles. The Morgan fingerprint density at radius 3 is 2.50 bits per heavy atom. The zero-order chi connectivity index (χ0) is 14.2. The number of aliphatic hydroxyl groups excluding tert-OH is 1. The first-order valence-electron chi connectivity index (χ1n) is 8.21. The van der Waals surface area contributed by atoms with E-state index in [1.807, 2.05) is 0 Å². The highest BCUT2D eigenvalue weighted by atomic mass is 16.3. The van der Waals surface area contributed by atoms with Gasteiger partial charge in [0.25, 0.3) is 0 Å². The molecule has 0 heterocycles. The molecule has 1 fully saturated rings. The van der Waals surface area contributed by atoms with E-state index in [4.69, 9.17) is 0 Å². The fourth-order valence-corrected chi connectivity index (χ4v) is 3.37. The van der Waals surface area contributed by atoms with Gasteiger partial charge in [0.2, 0.25) is 0 Å². The molecular formula is C18H29NO. The van der Waals surface area contributed by atoms with Crippen LogP contribution in [-0.4, -0.2) is 24.3 Å². The molecule has 112 valence electrons. The molecule has 1 aliphatic carbocycles. The van der Waals surface area contributed by atoms with Gasteiger partial charge in [0.1, 0.15) is 0 Å². The summed E-state index contributed by atoms with van der Waals surface area (Å²) in [5.41, 5.74) is 1.41. The highest BCUT2D eigenvalue weighted by Gasteiger charge is 2.24. The van der Waals surface area contributed by atoms with Crippen LogP contribution in [0.4, 0.5) is 0 Å². The zero-order valence-corrected chi connectivity index (χ0v) is 12.7. The maximum absolute atomic E-state index is 9.49. The Morgan fingerprint density at radius 1 is 1.15 bits per heavy atom. The minimum Gasteiger partial charge on any atom is -0.396 e. The molecule has 2 heteroatoms. The lowest BCUT2D eigenvalue weighted by Crippen LogP contribution is -2.38. The normalized spacial score (nSPS) is 24.5. The summed E-state index contributed by atoms with van der Waals surface area (Å²) in [6.07, 6.45) is 7.37. The maximum Gasteiger partial charge on any atom is 0.0462 e. The third kappa shape index (κ3) is 4.60. The second kappa shape index (κ2) is 8.43. The average molecular weight is 275 g/mol. The smallest absolute Gasteiger partial charge is 0.0462 e. The van der Waals surface area contributed by atoms with Crippen molar-refractivity contribution in [2.45, 2.75) is 51.5 Å². The molecule has 20 heavy (non-hydrogen) atoms. The van der Waals surface area contributed by atoms with Crippen molar-refractivity contribution < 1.29 is 5.11 Å². The van der Waals surface area contributed by atoms with E-state index < -0.39 is 0 Å². The summed E-state index contributed by atoms with van der Waals surface area (Å²) in [6.45, 7) is 3.68. The Kier molecular flexibility index (Phi) is 6.55. The van der Waals surface area contributed by atoms with Gasteiger partial charge >= 0.3 is 0 Å². The Balaban J connectivity index is 1.81. The van der Waals surface area contributed by atoms with Gasteiger partial charge in [0.15, 0.2) is 0 Å². The van der Waals surface area contributed by atoms with Crippen molar-refractivity contribution in [2.24, 2.45) is 11.8 Å². The minimum absolute atomic E-state index is 0.363. The standard InChI is InChI=1S/C18H29NO/c1-2-18(12-15-8-4-3-5-9-15)19-13-16-10-6-7-11-17(16)14-20/h3-5,8-9,16-20H,2,6-7,10-14H2,1H3. The van der Waals surface area contributed by atoms with Gasteiger partial charge in [-0.2, -0.15) is 0 Å². The lowest BCUT2D eigenvalue weighted by Gasteiger charge is -2.31. The van der Waals surface area contributed by atoms with Crippen molar-refractivity contribution in [1.29, 1.82) is 0 Å². The van der Waals surface area contributed by atoms with Crippen LogP contribution >= 0.6 is 0 Å². The van der Waals surface area contributed by atoms with E-state index >= 15 is 0 Å². The number of hydrogen-bond donors (Lipinski definition) is 2. The first-order chi connectivity index (χ1) is 9.83. The van der Waals surface area contributed by atoms with E-state index in [1.165, 1.54) is 31.2 Å². The van der Waals surface area contributed by atoms with E-state index in [0.717, 1.165) is 19.4 Å². The third-order valence-corrected chi connectivity index (χ3v) is 4.79.